The van der Waals surface area contributed by atoms with Crippen molar-refractivity contribution in [3.05, 3.63) is 41.2 Å². The fourth-order valence-electron chi connectivity index (χ4n) is 5.40. The summed E-state index contributed by atoms with van der Waals surface area (Å²) in [6.45, 7) is 8.21. The van der Waals surface area contributed by atoms with Crippen molar-refractivity contribution in [1.82, 2.24) is 14.7 Å². The highest BCUT2D eigenvalue weighted by molar-refractivity contribution is 5.95. The van der Waals surface area contributed by atoms with Crippen LogP contribution in [0.2, 0.25) is 0 Å². The minimum Gasteiger partial charge on any atom is -0.493 e. The van der Waals surface area contributed by atoms with Crippen LogP contribution in [0.5, 0.6) is 11.5 Å². The van der Waals surface area contributed by atoms with Crippen LogP contribution in [0.3, 0.4) is 0 Å². The summed E-state index contributed by atoms with van der Waals surface area (Å²) >= 11 is 0. The first-order valence-electron chi connectivity index (χ1n) is 10.5. The Kier molecular flexibility index (Phi) is 4.19. The number of amides is 1. The molecule has 1 amide bonds. The second-order valence-corrected chi connectivity index (χ2v) is 9.59. The third-order valence-electron chi connectivity index (χ3n) is 6.96. The normalized spacial score (nSPS) is 25.7. The number of aromatic nitrogens is 2. The van der Waals surface area contributed by atoms with Gasteiger partial charge < -0.3 is 19.1 Å². The Bertz CT molecular complexity index is 1010. The van der Waals surface area contributed by atoms with Crippen LogP contribution in [0.25, 0.3) is 0 Å². The number of carbonyl (C=O) groups is 1. The van der Waals surface area contributed by atoms with Gasteiger partial charge in [0.25, 0.3) is 5.91 Å². The van der Waals surface area contributed by atoms with E-state index in [2.05, 4.69) is 25.0 Å². The number of para-hydroxylation sites is 1. The lowest BCUT2D eigenvalue weighted by Crippen LogP contribution is -2.65. The molecule has 0 unspecified atom stereocenters. The van der Waals surface area contributed by atoms with E-state index in [0.717, 1.165) is 29.2 Å². The van der Waals surface area contributed by atoms with Crippen LogP contribution in [-0.4, -0.2) is 53.0 Å². The van der Waals surface area contributed by atoms with Crippen LogP contribution in [-0.2, 0) is 11.8 Å². The van der Waals surface area contributed by atoms with Gasteiger partial charge in [0, 0.05) is 43.2 Å². The molecule has 0 radical (unpaired) electrons. The Morgan fingerprint density at radius 2 is 2.07 bits per heavy atom. The number of ether oxygens (including phenoxy) is 3. The summed E-state index contributed by atoms with van der Waals surface area (Å²) in [7, 11) is 3.51. The first kappa shape index (κ1) is 19.4. The fourth-order valence-corrected chi connectivity index (χ4v) is 5.40. The Balaban J connectivity index is 1.36. The molecule has 160 valence electrons. The summed E-state index contributed by atoms with van der Waals surface area (Å²) in [4.78, 5) is 14.8. The maximum Gasteiger partial charge on any atom is 0.257 e. The van der Waals surface area contributed by atoms with Crippen LogP contribution in [0, 0.1) is 18.3 Å². The van der Waals surface area contributed by atoms with Crippen molar-refractivity contribution in [3.63, 3.8) is 0 Å². The van der Waals surface area contributed by atoms with Gasteiger partial charge in [-0.15, -0.1) is 0 Å². The topological polar surface area (TPSA) is 65.8 Å². The van der Waals surface area contributed by atoms with Gasteiger partial charge in [-0.3, -0.25) is 9.48 Å². The number of hydrogen-bond acceptors (Lipinski definition) is 5. The maximum absolute atomic E-state index is 12.9. The number of aryl methyl sites for hydroxylation is 2. The Hall–Kier alpha value is -2.54. The predicted molar refractivity (Wildman–Crippen MR) is 111 cm³/mol. The van der Waals surface area contributed by atoms with E-state index in [4.69, 9.17) is 14.2 Å². The highest BCUT2D eigenvalue weighted by Gasteiger charge is 2.57. The molecule has 0 bridgehead atoms. The van der Waals surface area contributed by atoms with E-state index in [1.807, 2.05) is 31.0 Å². The lowest BCUT2D eigenvalue weighted by Gasteiger charge is -2.58. The van der Waals surface area contributed by atoms with Crippen LogP contribution >= 0.6 is 0 Å². The van der Waals surface area contributed by atoms with Gasteiger partial charge >= 0.3 is 0 Å². The Labute approximate surface area is 176 Å². The molecule has 30 heavy (non-hydrogen) atoms. The van der Waals surface area contributed by atoms with Crippen LogP contribution < -0.4 is 9.47 Å². The van der Waals surface area contributed by atoms with Crippen molar-refractivity contribution in [2.45, 2.75) is 38.9 Å². The van der Waals surface area contributed by atoms with Crippen molar-refractivity contribution < 1.29 is 19.0 Å². The first-order chi connectivity index (χ1) is 14.2. The largest absolute Gasteiger partial charge is 0.493 e. The smallest absolute Gasteiger partial charge is 0.257 e. The minimum absolute atomic E-state index is 0.00998. The van der Waals surface area contributed by atoms with Crippen LogP contribution in [0.1, 0.15) is 48.0 Å². The van der Waals surface area contributed by atoms with Crippen molar-refractivity contribution >= 4 is 5.91 Å². The third kappa shape index (κ3) is 2.82. The van der Waals surface area contributed by atoms with Crippen LogP contribution in [0.15, 0.2) is 24.4 Å². The lowest BCUT2D eigenvalue weighted by molar-refractivity contribution is -0.192. The zero-order valence-corrected chi connectivity index (χ0v) is 18.3. The molecule has 0 N–H and O–H groups in total. The van der Waals surface area contributed by atoms with Gasteiger partial charge in [-0.2, -0.15) is 5.10 Å². The average molecular weight is 412 g/mol. The SMILES string of the molecule is COc1cccc2c1OC(C)(C)[C@H]1CC3(CO[C@H]21)CN(C(=O)c1cn(C)nc1C)C3. The average Bonchev–Trinajstić information content (AvgIpc) is 3.02. The molecule has 2 saturated heterocycles. The van der Waals surface area contributed by atoms with Crippen molar-refractivity contribution in [1.29, 1.82) is 0 Å². The number of hydrogen-bond donors (Lipinski definition) is 0. The van der Waals surface area contributed by atoms with E-state index < -0.39 is 0 Å². The first-order valence-corrected chi connectivity index (χ1v) is 10.5. The maximum atomic E-state index is 12.9. The van der Waals surface area contributed by atoms with Gasteiger partial charge in [0.15, 0.2) is 11.5 Å². The molecule has 0 aliphatic carbocycles. The molecule has 1 aromatic carbocycles. The van der Waals surface area contributed by atoms with E-state index >= 15 is 0 Å². The number of fused-ring (bicyclic) bond motifs is 3. The third-order valence-corrected chi connectivity index (χ3v) is 6.96. The van der Waals surface area contributed by atoms with Gasteiger partial charge in [-0.25, -0.2) is 0 Å². The molecule has 3 aliphatic heterocycles. The monoisotopic (exact) mass is 411 g/mol. The molecule has 4 heterocycles. The van der Waals surface area contributed by atoms with Gasteiger partial charge in [-0.05, 0) is 33.3 Å². The molecule has 7 nitrogen and oxygen atoms in total. The summed E-state index contributed by atoms with van der Waals surface area (Å²) < 4.78 is 20.1. The highest BCUT2D eigenvalue weighted by atomic mass is 16.5. The molecule has 2 aromatic rings. The Morgan fingerprint density at radius 3 is 2.73 bits per heavy atom. The van der Waals surface area contributed by atoms with Crippen molar-refractivity contribution in [2.24, 2.45) is 18.4 Å². The second kappa shape index (κ2) is 6.48. The number of nitrogens with zero attached hydrogens (tertiary/aromatic N) is 3. The van der Waals surface area contributed by atoms with Gasteiger partial charge in [-0.1, -0.05) is 12.1 Å². The summed E-state index contributed by atoms with van der Waals surface area (Å²) in [5.74, 6) is 1.81. The standard InChI is InChI=1S/C23H29N3O4/c1-14-16(10-25(4)24-14)21(27)26-11-23(12-26)9-17-19(29-13-23)15-7-6-8-18(28-5)20(15)30-22(17,2)3/h6-8,10,17,19H,9,11-13H2,1-5H3/t17-,19+/m0/s1. The van der Waals surface area contributed by atoms with Crippen molar-refractivity contribution in [3.8, 4) is 11.5 Å². The molecular formula is C23H29N3O4. The predicted octanol–water partition coefficient (Wildman–Crippen LogP) is 3.13. The summed E-state index contributed by atoms with van der Waals surface area (Å²) in [5, 5.41) is 4.30. The molecule has 5 rings (SSSR count). The zero-order chi connectivity index (χ0) is 21.3. The number of methoxy groups -OCH3 is 1. The molecule has 2 fully saturated rings. The molecular weight excluding hydrogens is 382 g/mol. The molecule has 3 aliphatic rings. The quantitative estimate of drug-likeness (QED) is 0.760. The Morgan fingerprint density at radius 1 is 1.30 bits per heavy atom. The van der Waals surface area contributed by atoms with Gasteiger partial charge in [0.1, 0.15) is 5.60 Å². The molecule has 2 atom stereocenters. The summed E-state index contributed by atoms with van der Waals surface area (Å²) in [6, 6.07) is 5.99. The molecule has 0 saturated carbocycles. The van der Waals surface area contributed by atoms with E-state index in [1.165, 1.54) is 0 Å². The lowest BCUT2D eigenvalue weighted by atomic mass is 9.64. The highest BCUT2D eigenvalue weighted by Crippen LogP contribution is 2.56. The summed E-state index contributed by atoms with van der Waals surface area (Å²) in [6.07, 6.45) is 2.75. The van der Waals surface area contributed by atoms with E-state index in [1.54, 1.807) is 18.0 Å². The number of rotatable bonds is 2. The zero-order valence-electron chi connectivity index (χ0n) is 18.3. The van der Waals surface area contributed by atoms with Crippen LogP contribution in [0.4, 0.5) is 0 Å². The number of likely N-dealkylation sites (tertiary alicyclic amines) is 1. The fraction of sp³-hybridized carbons (Fsp3) is 0.565. The molecule has 1 aromatic heterocycles. The van der Waals surface area contributed by atoms with E-state index in [0.29, 0.717) is 25.3 Å². The molecule has 1 spiro atoms. The minimum atomic E-state index is -0.385. The van der Waals surface area contributed by atoms with Gasteiger partial charge in [0.2, 0.25) is 0 Å². The van der Waals surface area contributed by atoms with Gasteiger partial charge in [0.05, 0.1) is 31.1 Å². The van der Waals surface area contributed by atoms with E-state index in [9.17, 15) is 4.79 Å². The van der Waals surface area contributed by atoms with E-state index in [-0.39, 0.29) is 28.9 Å². The second-order valence-electron chi connectivity index (χ2n) is 9.59. The summed E-state index contributed by atoms with van der Waals surface area (Å²) in [5.41, 5.74) is 2.13. The number of benzene rings is 1. The molecule has 7 heteroatoms. The number of carbonyl (C=O) groups excluding carboxylic acids is 1. The van der Waals surface area contributed by atoms with Crippen molar-refractivity contribution in [2.75, 3.05) is 26.8 Å².